The van der Waals surface area contributed by atoms with Crippen molar-refractivity contribution in [2.75, 3.05) is 12.4 Å². The number of benzene rings is 2. The molecule has 4 rings (SSSR count). The monoisotopic (exact) mass is 375 g/mol. The molecule has 8 nitrogen and oxygen atoms in total. The molecule has 0 saturated carbocycles. The van der Waals surface area contributed by atoms with Gasteiger partial charge >= 0.3 is 0 Å². The summed E-state index contributed by atoms with van der Waals surface area (Å²) in [5, 5.41) is 12.7. The molecular formula is C20H17N5O3. The van der Waals surface area contributed by atoms with Gasteiger partial charge in [-0.3, -0.25) is 4.79 Å². The van der Waals surface area contributed by atoms with Crippen LogP contribution in [0.1, 0.15) is 15.9 Å². The molecule has 0 radical (unpaired) electrons. The number of hydrogen-bond donors (Lipinski definition) is 2. The highest BCUT2D eigenvalue weighted by atomic mass is 16.5. The van der Waals surface area contributed by atoms with Crippen molar-refractivity contribution in [1.82, 2.24) is 15.2 Å². The summed E-state index contributed by atoms with van der Waals surface area (Å²) in [4.78, 5) is 16.1. The Bertz CT molecular complexity index is 1140. The Hall–Kier alpha value is -3.94. The van der Waals surface area contributed by atoms with Crippen LogP contribution in [-0.2, 0) is 6.54 Å². The first-order valence-electron chi connectivity index (χ1n) is 8.54. The Morgan fingerprint density at radius 2 is 1.93 bits per heavy atom. The Balaban J connectivity index is 1.72. The van der Waals surface area contributed by atoms with Crippen molar-refractivity contribution in [3.63, 3.8) is 0 Å². The third-order valence-electron chi connectivity index (χ3n) is 4.27. The van der Waals surface area contributed by atoms with Crippen molar-refractivity contribution >= 4 is 22.5 Å². The van der Waals surface area contributed by atoms with Crippen LogP contribution in [0.2, 0.25) is 0 Å². The van der Waals surface area contributed by atoms with E-state index in [1.54, 1.807) is 12.1 Å². The molecule has 1 amide bonds. The summed E-state index contributed by atoms with van der Waals surface area (Å²) in [5.74, 6) is 0.848. The molecule has 0 aliphatic heterocycles. The van der Waals surface area contributed by atoms with Crippen molar-refractivity contribution in [3.05, 3.63) is 65.9 Å². The number of anilines is 1. The Morgan fingerprint density at radius 1 is 1.11 bits per heavy atom. The van der Waals surface area contributed by atoms with E-state index in [1.807, 2.05) is 36.4 Å². The second-order valence-electron chi connectivity index (χ2n) is 6.03. The molecule has 2 aromatic carbocycles. The van der Waals surface area contributed by atoms with E-state index in [9.17, 15) is 4.79 Å². The molecule has 0 saturated heterocycles. The summed E-state index contributed by atoms with van der Waals surface area (Å²) in [6.07, 6.45) is 1.47. The summed E-state index contributed by atoms with van der Waals surface area (Å²) in [6, 6.07) is 15.1. The third-order valence-corrected chi connectivity index (χ3v) is 4.27. The van der Waals surface area contributed by atoms with Crippen molar-refractivity contribution in [1.29, 1.82) is 0 Å². The molecule has 4 aromatic rings. The lowest BCUT2D eigenvalue weighted by Crippen LogP contribution is -2.10. The van der Waals surface area contributed by atoms with Gasteiger partial charge in [0.05, 0.1) is 12.7 Å². The Morgan fingerprint density at radius 3 is 2.68 bits per heavy atom. The number of methoxy groups -OCH3 is 1. The molecule has 0 unspecified atom stereocenters. The highest BCUT2D eigenvalue weighted by Gasteiger charge is 2.18. The van der Waals surface area contributed by atoms with Gasteiger partial charge in [0.15, 0.2) is 11.6 Å². The molecule has 0 bridgehead atoms. The predicted molar refractivity (Wildman–Crippen MR) is 104 cm³/mol. The number of carbonyl (C=O) groups is 1. The van der Waals surface area contributed by atoms with E-state index in [0.29, 0.717) is 34.5 Å². The van der Waals surface area contributed by atoms with Gasteiger partial charge in [-0.05, 0) is 11.6 Å². The number of ether oxygens (including phenoxy) is 1. The van der Waals surface area contributed by atoms with Crippen LogP contribution in [0.3, 0.4) is 0 Å². The zero-order valence-corrected chi connectivity index (χ0v) is 15.0. The van der Waals surface area contributed by atoms with Crippen molar-refractivity contribution < 1.29 is 13.9 Å². The van der Waals surface area contributed by atoms with Crippen LogP contribution >= 0.6 is 0 Å². The first-order chi connectivity index (χ1) is 13.7. The van der Waals surface area contributed by atoms with Gasteiger partial charge < -0.3 is 20.2 Å². The number of furan rings is 1. The third kappa shape index (κ3) is 3.23. The van der Waals surface area contributed by atoms with Gasteiger partial charge in [-0.25, -0.2) is 4.98 Å². The van der Waals surface area contributed by atoms with E-state index in [2.05, 4.69) is 20.5 Å². The fourth-order valence-electron chi connectivity index (χ4n) is 2.91. The summed E-state index contributed by atoms with van der Waals surface area (Å²) < 4.78 is 10.9. The number of fused-ring (bicyclic) bond motifs is 1. The first kappa shape index (κ1) is 17.5. The fraction of sp³-hybridized carbons (Fsp3) is 0.100. The van der Waals surface area contributed by atoms with Gasteiger partial charge in [-0.15, -0.1) is 10.2 Å². The molecule has 2 heterocycles. The summed E-state index contributed by atoms with van der Waals surface area (Å²) in [7, 11) is 1.50. The van der Waals surface area contributed by atoms with Crippen LogP contribution in [0, 0.1) is 0 Å². The second kappa shape index (κ2) is 7.36. The van der Waals surface area contributed by atoms with Gasteiger partial charge in [0.2, 0.25) is 11.7 Å². The second-order valence-corrected chi connectivity index (χ2v) is 6.03. The van der Waals surface area contributed by atoms with E-state index in [4.69, 9.17) is 14.9 Å². The fourth-order valence-corrected chi connectivity index (χ4v) is 2.91. The summed E-state index contributed by atoms with van der Waals surface area (Å²) >= 11 is 0. The minimum atomic E-state index is -0.531. The minimum absolute atomic E-state index is 0.271. The van der Waals surface area contributed by atoms with Crippen molar-refractivity contribution in [3.8, 4) is 17.5 Å². The quantitative estimate of drug-likeness (QED) is 0.532. The topological polar surface area (TPSA) is 116 Å². The molecule has 0 fully saturated rings. The number of primary amides is 1. The highest BCUT2D eigenvalue weighted by Crippen LogP contribution is 2.31. The van der Waals surface area contributed by atoms with E-state index in [1.165, 1.54) is 13.4 Å². The van der Waals surface area contributed by atoms with E-state index in [-0.39, 0.29) is 11.7 Å². The number of amides is 1. The van der Waals surface area contributed by atoms with Gasteiger partial charge in [-0.1, -0.05) is 42.5 Å². The minimum Gasteiger partial charge on any atom is -0.477 e. The lowest BCUT2D eigenvalue weighted by Gasteiger charge is -2.09. The molecule has 0 atom stereocenters. The average molecular weight is 375 g/mol. The molecule has 28 heavy (non-hydrogen) atoms. The van der Waals surface area contributed by atoms with Crippen LogP contribution < -0.4 is 15.8 Å². The SMILES string of the molecule is COc1nnc(-c2occ3c(C(N)=O)cccc23)nc1NCc1ccccc1. The van der Waals surface area contributed by atoms with E-state index in [0.717, 1.165) is 5.56 Å². The van der Waals surface area contributed by atoms with Crippen molar-refractivity contribution in [2.24, 2.45) is 5.73 Å². The molecule has 0 spiro atoms. The number of carbonyl (C=O) groups excluding carboxylic acids is 1. The zero-order valence-electron chi connectivity index (χ0n) is 15.0. The number of aromatic nitrogens is 3. The highest BCUT2D eigenvalue weighted by molar-refractivity contribution is 6.08. The van der Waals surface area contributed by atoms with Gasteiger partial charge in [0.1, 0.15) is 6.26 Å². The van der Waals surface area contributed by atoms with Gasteiger partial charge in [0.25, 0.3) is 5.88 Å². The maximum atomic E-state index is 11.6. The zero-order chi connectivity index (χ0) is 19.5. The lowest BCUT2D eigenvalue weighted by atomic mass is 10.1. The summed E-state index contributed by atoms with van der Waals surface area (Å²) in [6.45, 7) is 0.542. The smallest absolute Gasteiger partial charge is 0.276 e. The number of nitrogens with two attached hydrogens (primary N) is 1. The maximum Gasteiger partial charge on any atom is 0.276 e. The molecule has 140 valence electrons. The van der Waals surface area contributed by atoms with Crippen LogP contribution in [0.15, 0.2) is 59.2 Å². The molecule has 2 aromatic heterocycles. The van der Waals surface area contributed by atoms with E-state index >= 15 is 0 Å². The predicted octanol–water partition coefficient (Wildman–Crippen LogP) is 3.00. The molecule has 3 N–H and O–H groups in total. The molecule has 8 heteroatoms. The largest absolute Gasteiger partial charge is 0.477 e. The van der Waals surface area contributed by atoms with Crippen LogP contribution in [0.25, 0.3) is 22.4 Å². The number of nitrogens with zero attached hydrogens (tertiary/aromatic N) is 3. The normalized spacial score (nSPS) is 10.8. The van der Waals surface area contributed by atoms with Crippen LogP contribution in [0.5, 0.6) is 5.88 Å². The molecular weight excluding hydrogens is 358 g/mol. The Labute approximate surface area is 160 Å². The molecule has 0 aliphatic carbocycles. The lowest BCUT2D eigenvalue weighted by molar-refractivity contribution is 0.100. The standard InChI is InChI=1S/C20H17N5O3/c1-27-20-19(22-10-12-6-3-2-4-7-12)23-18(24-25-20)16-13-8-5-9-14(17(21)26)15(13)11-28-16/h2-9,11H,10H2,1H3,(H2,21,26)(H,22,23,24). The van der Waals surface area contributed by atoms with Crippen molar-refractivity contribution in [2.45, 2.75) is 6.54 Å². The maximum absolute atomic E-state index is 11.6. The number of nitrogens with one attached hydrogen (secondary N) is 1. The van der Waals surface area contributed by atoms with Crippen LogP contribution in [-0.4, -0.2) is 28.2 Å². The van der Waals surface area contributed by atoms with Gasteiger partial charge in [-0.2, -0.15) is 0 Å². The molecule has 0 aliphatic rings. The Kier molecular flexibility index (Phi) is 4.59. The summed E-state index contributed by atoms with van der Waals surface area (Å²) in [5.41, 5.74) is 6.89. The number of rotatable bonds is 6. The van der Waals surface area contributed by atoms with Crippen LogP contribution in [0.4, 0.5) is 5.82 Å². The first-order valence-corrected chi connectivity index (χ1v) is 8.54. The van der Waals surface area contributed by atoms with E-state index < -0.39 is 5.91 Å². The number of hydrogen-bond acceptors (Lipinski definition) is 7. The average Bonchev–Trinajstić information content (AvgIpc) is 3.17. The van der Waals surface area contributed by atoms with Gasteiger partial charge in [0, 0.05) is 17.3 Å².